The molecule has 0 rings (SSSR count). The Balaban J connectivity index is 3.85. The molecule has 0 aliphatic carbocycles. The molecule has 1 unspecified atom stereocenters. The second-order valence-electron chi connectivity index (χ2n) is 3.76. The van der Waals surface area contributed by atoms with Crippen LogP contribution in [0.1, 0.15) is 12.8 Å². The van der Waals surface area contributed by atoms with E-state index in [4.69, 9.17) is 14.6 Å². The summed E-state index contributed by atoms with van der Waals surface area (Å²) in [5.74, 6) is -1.37. The van der Waals surface area contributed by atoms with Gasteiger partial charge in [-0.1, -0.05) is 0 Å². The number of nitrogens with one attached hydrogen (secondary N) is 2. The molecule has 7 nitrogen and oxygen atoms in total. The van der Waals surface area contributed by atoms with Crippen LogP contribution in [-0.4, -0.2) is 63.5 Å². The highest BCUT2D eigenvalue weighted by Crippen LogP contribution is 1.98. The molecule has 0 radical (unpaired) electrons. The monoisotopic (exact) mass is 262 g/mol. The number of carboxylic acids is 1. The maximum absolute atomic E-state index is 11.4. The molecule has 0 aromatic rings. The highest BCUT2D eigenvalue weighted by atomic mass is 16.5. The van der Waals surface area contributed by atoms with E-state index < -0.39 is 12.0 Å². The Labute approximate surface area is 107 Å². The lowest BCUT2D eigenvalue weighted by Crippen LogP contribution is -2.45. The molecular weight excluding hydrogens is 240 g/mol. The van der Waals surface area contributed by atoms with Crippen molar-refractivity contribution in [1.82, 2.24) is 10.6 Å². The molecule has 18 heavy (non-hydrogen) atoms. The number of carbonyl (C=O) groups excluding carboxylic acids is 1. The molecule has 0 fully saturated rings. The maximum atomic E-state index is 11.4. The Kier molecular flexibility index (Phi) is 10.2. The normalized spacial score (nSPS) is 12.1. The van der Waals surface area contributed by atoms with Crippen LogP contribution in [-0.2, 0) is 19.1 Å². The molecule has 0 saturated heterocycles. The van der Waals surface area contributed by atoms with E-state index in [1.165, 1.54) is 0 Å². The first-order valence-corrected chi connectivity index (χ1v) is 5.82. The van der Waals surface area contributed by atoms with Gasteiger partial charge in [0.1, 0.15) is 6.04 Å². The van der Waals surface area contributed by atoms with Gasteiger partial charge in [0.15, 0.2) is 0 Å². The number of carbonyl (C=O) groups is 2. The molecule has 0 aromatic carbocycles. The zero-order valence-electron chi connectivity index (χ0n) is 10.9. The van der Waals surface area contributed by atoms with E-state index in [1.807, 2.05) is 0 Å². The maximum Gasteiger partial charge on any atom is 0.326 e. The summed E-state index contributed by atoms with van der Waals surface area (Å²) in [6.45, 7) is 1.61. The number of carboxylic acid groups (broad SMARTS) is 1. The largest absolute Gasteiger partial charge is 0.480 e. The lowest BCUT2D eigenvalue weighted by atomic mass is 10.1. The van der Waals surface area contributed by atoms with Crippen molar-refractivity contribution in [2.75, 3.05) is 40.5 Å². The fourth-order valence-electron chi connectivity index (χ4n) is 1.31. The summed E-state index contributed by atoms with van der Waals surface area (Å²) in [5.41, 5.74) is 0. The standard InChI is InChI=1S/C11H22N2O5/c1-17-6-3-4-9(11(15)16)13-10(14)8-12-5-7-18-2/h9,12H,3-8H2,1-2H3,(H,13,14)(H,15,16). The Morgan fingerprint density at radius 2 is 1.89 bits per heavy atom. The van der Waals surface area contributed by atoms with Crippen LogP contribution in [0.25, 0.3) is 0 Å². The zero-order chi connectivity index (χ0) is 13.8. The summed E-state index contributed by atoms with van der Waals surface area (Å²) in [5, 5.41) is 14.2. The van der Waals surface area contributed by atoms with Crippen LogP contribution in [0.4, 0.5) is 0 Å². The van der Waals surface area contributed by atoms with Gasteiger partial charge in [-0.15, -0.1) is 0 Å². The highest BCUT2D eigenvalue weighted by molar-refractivity contribution is 5.84. The Morgan fingerprint density at radius 3 is 2.44 bits per heavy atom. The molecule has 1 amide bonds. The SMILES string of the molecule is COCCCC(NC(=O)CNCCOC)C(=O)O. The summed E-state index contributed by atoms with van der Waals surface area (Å²) in [6, 6.07) is -0.864. The van der Waals surface area contributed by atoms with Crippen molar-refractivity contribution in [3.63, 3.8) is 0 Å². The van der Waals surface area contributed by atoms with Crippen LogP contribution in [0.5, 0.6) is 0 Å². The van der Waals surface area contributed by atoms with Crippen LogP contribution in [0.2, 0.25) is 0 Å². The number of rotatable bonds is 11. The van der Waals surface area contributed by atoms with Crippen LogP contribution < -0.4 is 10.6 Å². The molecule has 0 heterocycles. The van der Waals surface area contributed by atoms with Crippen LogP contribution in [0.3, 0.4) is 0 Å². The summed E-state index contributed by atoms with van der Waals surface area (Å²) >= 11 is 0. The smallest absolute Gasteiger partial charge is 0.326 e. The summed E-state index contributed by atoms with van der Waals surface area (Å²) in [7, 11) is 3.12. The number of methoxy groups -OCH3 is 2. The van der Waals surface area contributed by atoms with Gasteiger partial charge >= 0.3 is 5.97 Å². The van der Waals surface area contributed by atoms with Crippen molar-refractivity contribution in [3.05, 3.63) is 0 Å². The first-order chi connectivity index (χ1) is 8.61. The fourth-order valence-corrected chi connectivity index (χ4v) is 1.31. The van der Waals surface area contributed by atoms with Crippen LogP contribution in [0.15, 0.2) is 0 Å². The predicted molar refractivity (Wildman–Crippen MR) is 65.4 cm³/mol. The minimum atomic E-state index is -1.03. The van der Waals surface area contributed by atoms with E-state index in [-0.39, 0.29) is 12.5 Å². The van der Waals surface area contributed by atoms with E-state index in [0.29, 0.717) is 32.6 Å². The van der Waals surface area contributed by atoms with Gasteiger partial charge in [-0.05, 0) is 12.8 Å². The van der Waals surface area contributed by atoms with Gasteiger partial charge in [-0.25, -0.2) is 4.79 Å². The third-order valence-electron chi connectivity index (χ3n) is 2.24. The molecule has 0 aliphatic rings. The van der Waals surface area contributed by atoms with Gasteiger partial charge in [0.05, 0.1) is 13.2 Å². The van der Waals surface area contributed by atoms with Gasteiger partial charge in [0, 0.05) is 27.4 Å². The minimum Gasteiger partial charge on any atom is -0.480 e. The molecule has 106 valence electrons. The third-order valence-corrected chi connectivity index (χ3v) is 2.24. The second-order valence-corrected chi connectivity index (χ2v) is 3.76. The number of hydrogen-bond acceptors (Lipinski definition) is 5. The first-order valence-electron chi connectivity index (χ1n) is 5.82. The van der Waals surface area contributed by atoms with Gasteiger partial charge < -0.3 is 25.2 Å². The predicted octanol–water partition coefficient (Wildman–Crippen LogP) is -0.782. The van der Waals surface area contributed by atoms with Gasteiger partial charge in [0.2, 0.25) is 5.91 Å². The van der Waals surface area contributed by atoms with Gasteiger partial charge in [-0.3, -0.25) is 4.79 Å². The van der Waals surface area contributed by atoms with E-state index >= 15 is 0 Å². The highest BCUT2D eigenvalue weighted by Gasteiger charge is 2.18. The van der Waals surface area contributed by atoms with E-state index in [0.717, 1.165) is 0 Å². The first kappa shape index (κ1) is 16.8. The van der Waals surface area contributed by atoms with Gasteiger partial charge in [-0.2, -0.15) is 0 Å². The van der Waals surface area contributed by atoms with Crippen molar-refractivity contribution < 1.29 is 24.2 Å². The van der Waals surface area contributed by atoms with Crippen molar-refractivity contribution in [3.8, 4) is 0 Å². The van der Waals surface area contributed by atoms with Gasteiger partial charge in [0.25, 0.3) is 0 Å². The van der Waals surface area contributed by atoms with Crippen molar-refractivity contribution in [1.29, 1.82) is 0 Å². The van der Waals surface area contributed by atoms with E-state index in [1.54, 1.807) is 14.2 Å². The average molecular weight is 262 g/mol. The molecule has 7 heteroatoms. The third kappa shape index (κ3) is 8.91. The lowest BCUT2D eigenvalue weighted by Gasteiger charge is -2.14. The molecule has 0 bridgehead atoms. The number of amides is 1. The number of hydrogen-bond donors (Lipinski definition) is 3. The topological polar surface area (TPSA) is 96.9 Å². The second kappa shape index (κ2) is 10.9. The molecule has 0 saturated carbocycles. The lowest BCUT2D eigenvalue weighted by molar-refractivity contribution is -0.142. The summed E-state index contributed by atoms with van der Waals surface area (Å²) in [6.07, 6.45) is 0.942. The molecule has 1 atom stereocenters. The Bertz CT molecular complexity index is 248. The zero-order valence-corrected chi connectivity index (χ0v) is 10.9. The Hall–Kier alpha value is -1.18. The quantitative estimate of drug-likeness (QED) is 0.423. The molecule has 3 N–H and O–H groups in total. The number of ether oxygens (including phenoxy) is 2. The molecule has 0 aromatic heterocycles. The van der Waals surface area contributed by atoms with E-state index in [9.17, 15) is 9.59 Å². The van der Waals surface area contributed by atoms with Crippen molar-refractivity contribution in [2.45, 2.75) is 18.9 Å². The van der Waals surface area contributed by atoms with Crippen molar-refractivity contribution in [2.24, 2.45) is 0 Å². The van der Waals surface area contributed by atoms with Crippen LogP contribution >= 0.6 is 0 Å². The van der Waals surface area contributed by atoms with E-state index in [2.05, 4.69) is 10.6 Å². The average Bonchev–Trinajstić information content (AvgIpc) is 2.33. The molecular formula is C11H22N2O5. The summed E-state index contributed by atoms with van der Waals surface area (Å²) in [4.78, 5) is 22.4. The fraction of sp³-hybridized carbons (Fsp3) is 0.818. The molecule has 0 aliphatic heterocycles. The number of aliphatic carboxylic acids is 1. The Morgan fingerprint density at radius 1 is 1.22 bits per heavy atom. The van der Waals surface area contributed by atoms with Crippen molar-refractivity contribution >= 4 is 11.9 Å². The van der Waals surface area contributed by atoms with Crippen LogP contribution in [0, 0.1) is 0 Å². The molecule has 0 spiro atoms. The minimum absolute atomic E-state index is 0.0808. The summed E-state index contributed by atoms with van der Waals surface area (Å²) < 4.78 is 9.64.